The number of carbonyl (C=O) groups is 1. The van der Waals surface area contributed by atoms with Crippen LogP contribution in [0.3, 0.4) is 0 Å². The minimum absolute atomic E-state index is 0.0202. The van der Waals surface area contributed by atoms with Crippen molar-refractivity contribution in [3.05, 3.63) is 29.8 Å². The lowest BCUT2D eigenvalue weighted by Crippen LogP contribution is -2.24. The highest BCUT2D eigenvalue weighted by atomic mass is 16.1. The van der Waals surface area contributed by atoms with Crippen molar-refractivity contribution >= 4 is 11.6 Å². The van der Waals surface area contributed by atoms with Crippen molar-refractivity contribution in [2.45, 2.75) is 44.9 Å². The average molecular weight is 260 g/mol. The summed E-state index contributed by atoms with van der Waals surface area (Å²) in [6.07, 6.45) is 9.28. The van der Waals surface area contributed by atoms with Gasteiger partial charge in [-0.25, -0.2) is 0 Å². The van der Waals surface area contributed by atoms with Crippen LogP contribution in [0.4, 0.5) is 5.69 Å². The first-order valence-corrected chi connectivity index (χ1v) is 7.39. The Bertz CT molecular complexity index is 411. The van der Waals surface area contributed by atoms with Crippen LogP contribution in [0.2, 0.25) is 0 Å². The van der Waals surface area contributed by atoms with Gasteiger partial charge in [-0.05, 0) is 30.5 Å². The third-order valence-electron chi connectivity index (χ3n) is 3.95. The van der Waals surface area contributed by atoms with Crippen LogP contribution in [0.5, 0.6) is 0 Å². The highest BCUT2D eigenvalue weighted by Crippen LogP contribution is 2.28. The van der Waals surface area contributed by atoms with E-state index in [9.17, 15) is 4.79 Å². The number of amides is 1. The number of nitrogens with two attached hydrogens (primary N) is 1. The van der Waals surface area contributed by atoms with E-state index in [1.54, 1.807) is 18.2 Å². The van der Waals surface area contributed by atoms with Crippen molar-refractivity contribution in [2.75, 3.05) is 12.3 Å². The molecule has 0 atom stereocenters. The van der Waals surface area contributed by atoms with Crippen LogP contribution in [0, 0.1) is 5.92 Å². The molecule has 3 nitrogen and oxygen atoms in total. The molecule has 1 saturated carbocycles. The first-order valence-electron chi connectivity index (χ1n) is 7.39. The van der Waals surface area contributed by atoms with Gasteiger partial charge in [0.1, 0.15) is 0 Å². The predicted molar refractivity (Wildman–Crippen MR) is 79.0 cm³/mol. The summed E-state index contributed by atoms with van der Waals surface area (Å²) in [5.74, 6) is 0.929. The molecular formula is C16H24N2O. The van der Waals surface area contributed by atoms with Crippen LogP contribution in [0.1, 0.15) is 55.3 Å². The SMILES string of the molecule is Nc1cccc(C(=O)NCCCCC2CCCC2)c1. The molecule has 1 aromatic rings. The minimum atomic E-state index is -0.0202. The predicted octanol–water partition coefficient (Wildman–Crippen LogP) is 3.36. The van der Waals surface area contributed by atoms with Crippen LogP contribution in [-0.4, -0.2) is 12.5 Å². The molecule has 3 N–H and O–H groups in total. The van der Waals surface area contributed by atoms with Gasteiger partial charge in [-0.2, -0.15) is 0 Å². The van der Waals surface area contributed by atoms with E-state index in [1.165, 1.54) is 38.5 Å². The third kappa shape index (κ3) is 4.58. The Labute approximate surface area is 115 Å². The number of anilines is 1. The Kier molecular flexibility index (Phi) is 5.25. The maximum absolute atomic E-state index is 11.8. The summed E-state index contributed by atoms with van der Waals surface area (Å²) < 4.78 is 0. The molecule has 1 amide bonds. The molecule has 1 aromatic carbocycles. The van der Waals surface area contributed by atoms with Crippen molar-refractivity contribution in [3.8, 4) is 0 Å². The van der Waals surface area contributed by atoms with Gasteiger partial charge in [-0.3, -0.25) is 4.79 Å². The normalized spacial score (nSPS) is 15.6. The van der Waals surface area contributed by atoms with Crippen molar-refractivity contribution in [2.24, 2.45) is 5.92 Å². The highest BCUT2D eigenvalue weighted by Gasteiger charge is 2.14. The van der Waals surface area contributed by atoms with Gasteiger partial charge < -0.3 is 11.1 Å². The van der Waals surface area contributed by atoms with E-state index in [2.05, 4.69) is 5.32 Å². The lowest BCUT2D eigenvalue weighted by atomic mass is 10.0. The molecule has 3 heteroatoms. The fourth-order valence-electron chi connectivity index (χ4n) is 2.84. The van der Waals surface area contributed by atoms with Crippen LogP contribution in [-0.2, 0) is 0 Å². The van der Waals surface area contributed by atoms with E-state index < -0.39 is 0 Å². The number of nitrogen functional groups attached to an aromatic ring is 1. The van der Waals surface area contributed by atoms with E-state index in [0.717, 1.165) is 18.9 Å². The standard InChI is InChI=1S/C16H24N2O/c17-15-10-5-9-14(12-15)16(19)18-11-4-3-8-13-6-1-2-7-13/h5,9-10,12-13H,1-4,6-8,11,17H2,(H,18,19). The van der Waals surface area contributed by atoms with Gasteiger partial charge in [-0.15, -0.1) is 0 Å². The molecule has 104 valence electrons. The summed E-state index contributed by atoms with van der Waals surface area (Å²) in [6, 6.07) is 7.11. The minimum Gasteiger partial charge on any atom is -0.399 e. The Balaban J connectivity index is 1.61. The second-order valence-corrected chi connectivity index (χ2v) is 5.53. The second-order valence-electron chi connectivity index (χ2n) is 5.53. The topological polar surface area (TPSA) is 55.1 Å². The van der Waals surface area contributed by atoms with Crippen molar-refractivity contribution in [1.82, 2.24) is 5.32 Å². The van der Waals surface area contributed by atoms with Gasteiger partial charge >= 0.3 is 0 Å². The van der Waals surface area contributed by atoms with Gasteiger partial charge in [0.2, 0.25) is 0 Å². The number of hydrogen-bond donors (Lipinski definition) is 2. The van der Waals surface area contributed by atoms with Gasteiger partial charge in [0.25, 0.3) is 5.91 Å². The quantitative estimate of drug-likeness (QED) is 0.608. The summed E-state index contributed by atoms with van der Waals surface area (Å²) in [5.41, 5.74) is 6.94. The summed E-state index contributed by atoms with van der Waals surface area (Å²) in [6.45, 7) is 0.764. The molecule has 0 aliphatic heterocycles. The Morgan fingerprint density at radius 2 is 2.05 bits per heavy atom. The number of nitrogens with one attached hydrogen (secondary N) is 1. The van der Waals surface area contributed by atoms with E-state index in [4.69, 9.17) is 5.73 Å². The largest absolute Gasteiger partial charge is 0.399 e. The maximum atomic E-state index is 11.8. The lowest BCUT2D eigenvalue weighted by molar-refractivity contribution is 0.0953. The molecule has 1 fully saturated rings. The van der Waals surface area contributed by atoms with Crippen LogP contribution in [0.15, 0.2) is 24.3 Å². The molecule has 0 radical (unpaired) electrons. The zero-order valence-corrected chi connectivity index (χ0v) is 11.5. The monoisotopic (exact) mass is 260 g/mol. The summed E-state index contributed by atoms with van der Waals surface area (Å²) in [5, 5.41) is 2.96. The number of rotatable bonds is 6. The van der Waals surface area contributed by atoms with E-state index in [0.29, 0.717) is 11.3 Å². The average Bonchev–Trinajstić information content (AvgIpc) is 2.91. The van der Waals surface area contributed by atoms with Crippen molar-refractivity contribution in [1.29, 1.82) is 0 Å². The van der Waals surface area contributed by atoms with Gasteiger partial charge in [-0.1, -0.05) is 44.6 Å². The van der Waals surface area contributed by atoms with Gasteiger partial charge in [0.05, 0.1) is 0 Å². The first-order chi connectivity index (χ1) is 9.25. The molecule has 0 spiro atoms. The van der Waals surface area contributed by atoms with Gasteiger partial charge in [0, 0.05) is 17.8 Å². The molecule has 1 aliphatic carbocycles. The molecule has 0 saturated heterocycles. The molecule has 0 unspecified atom stereocenters. The van der Waals surface area contributed by atoms with Crippen LogP contribution < -0.4 is 11.1 Å². The highest BCUT2D eigenvalue weighted by molar-refractivity contribution is 5.94. The lowest BCUT2D eigenvalue weighted by Gasteiger charge is -2.09. The maximum Gasteiger partial charge on any atom is 0.251 e. The zero-order chi connectivity index (χ0) is 13.5. The molecule has 1 aliphatic rings. The van der Waals surface area contributed by atoms with E-state index in [1.807, 2.05) is 6.07 Å². The summed E-state index contributed by atoms with van der Waals surface area (Å²) in [7, 11) is 0. The molecule has 2 rings (SSSR count). The smallest absolute Gasteiger partial charge is 0.251 e. The Morgan fingerprint density at radius 3 is 2.79 bits per heavy atom. The first kappa shape index (κ1) is 13.9. The fraction of sp³-hybridized carbons (Fsp3) is 0.562. The molecule has 19 heavy (non-hydrogen) atoms. The van der Waals surface area contributed by atoms with Crippen LogP contribution >= 0.6 is 0 Å². The fourth-order valence-corrected chi connectivity index (χ4v) is 2.84. The summed E-state index contributed by atoms with van der Waals surface area (Å²) >= 11 is 0. The number of unbranched alkanes of at least 4 members (excludes halogenated alkanes) is 1. The number of carbonyl (C=O) groups excluding carboxylic acids is 1. The van der Waals surface area contributed by atoms with Crippen molar-refractivity contribution < 1.29 is 4.79 Å². The summed E-state index contributed by atoms with van der Waals surface area (Å²) in [4.78, 5) is 11.8. The molecule has 0 aromatic heterocycles. The van der Waals surface area contributed by atoms with Crippen LogP contribution in [0.25, 0.3) is 0 Å². The molecular weight excluding hydrogens is 236 g/mol. The third-order valence-corrected chi connectivity index (χ3v) is 3.95. The van der Waals surface area contributed by atoms with Crippen molar-refractivity contribution in [3.63, 3.8) is 0 Å². The number of benzene rings is 1. The number of hydrogen-bond acceptors (Lipinski definition) is 2. The Hall–Kier alpha value is -1.51. The van der Waals surface area contributed by atoms with Gasteiger partial charge in [0.15, 0.2) is 0 Å². The molecule has 0 heterocycles. The molecule has 0 bridgehead atoms. The van der Waals surface area contributed by atoms with E-state index >= 15 is 0 Å². The Morgan fingerprint density at radius 1 is 1.26 bits per heavy atom. The second kappa shape index (κ2) is 7.17. The zero-order valence-electron chi connectivity index (χ0n) is 11.5. The van der Waals surface area contributed by atoms with E-state index in [-0.39, 0.29) is 5.91 Å².